The second-order valence-electron chi connectivity index (χ2n) is 7.56. The number of halogens is 1. The van der Waals surface area contributed by atoms with Crippen molar-refractivity contribution in [3.63, 3.8) is 0 Å². The molecule has 29 heavy (non-hydrogen) atoms. The smallest absolute Gasteiger partial charge is 0.326 e. The van der Waals surface area contributed by atoms with E-state index in [0.29, 0.717) is 25.9 Å². The number of nitrogens with one attached hydrogen (secondary N) is 2. The van der Waals surface area contributed by atoms with Gasteiger partial charge in [-0.2, -0.15) is 0 Å². The first-order valence-electron chi connectivity index (χ1n) is 10.5. The zero-order valence-corrected chi connectivity index (χ0v) is 17.3. The van der Waals surface area contributed by atoms with E-state index in [4.69, 9.17) is 4.98 Å². The van der Waals surface area contributed by atoms with E-state index in [0.717, 1.165) is 56.7 Å². The molecule has 0 aromatic carbocycles. The molecule has 162 valence electrons. The molecule has 8 heteroatoms. The van der Waals surface area contributed by atoms with Gasteiger partial charge < -0.3 is 20.6 Å². The normalized spacial score (nSPS) is 14.2. The van der Waals surface area contributed by atoms with Crippen LogP contribution in [0.3, 0.4) is 0 Å². The summed E-state index contributed by atoms with van der Waals surface area (Å²) in [6, 6.07) is 3.34. The minimum Gasteiger partial charge on any atom is -0.480 e. The number of hydrogen-bond donors (Lipinski definition) is 3. The van der Waals surface area contributed by atoms with E-state index in [1.54, 1.807) is 0 Å². The number of pyridine rings is 1. The number of nitrogens with zero attached hydrogens (tertiary/aromatic N) is 2. The predicted molar refractivity (Wildman–Crippen MR) is 111 cm³/mol. The Morgan fingerprint density at radius 1 is 1.28 bits per heavy atom. The second kappa shape index (κ2) is 12.4. The van der Waals surface area contributed by atoms with Crippen LogP contribution >= 0.6 is 0 Å². The summed E-state index contributed by atoms with van der Waals surface area (Å²) in [6.07, 6.45) is 5.73. The Bertz CT molecular complexity index is 671. The van der Waals surface area contributed by atoms with E-state index in [-0.39, 0.29) is 5.91 Å². The van der Waals surface area contributed by atoms with Crippen molar-refractivity contribution in [2.75, 3.05) is 38.2 Å². The zero-order valence-electron chi connectivity index (χ0n) is 17.3. The topological polar surface area (TPSA) is 94.6 Å². The summed E-state index contributed by atoms with van der Waals surface area (Å²) in [6.45, 7) is 3.76. The fraction of sp³-hybridized carbons (Fsp3) is 0.667. The minimum absolute atomic E-state index is 0.305. The van der Waals surface area contributed by atoms with Crippen LogP contribution in [0.25, 0.3) is 0 Å². The van der Waals surface area contributed by atoms with Crippen LogP contribution in [-0.2, 0) is 22.4 Å². The summed E-state index contributed by atoms with van der Waals surface area (Å²) in [7, 11) is 0. The highest BCUT2D eigenvalue weighted by molar-refractivity contribution is 5.82. The van der Waals surface area contributed by atoms with Gasteiger partial charge in [0, 0.05) is 32.3 Å². The number of carboxylic acid groups (broad SMARTS) is 1. The lowest BCUT2D eigenvalue weighted by molar-refractivity contribution is -0.141. The number of unbranched alkanes of at least 4 members (excludes halogenated alkanes) is 1. The second-order valence-corrected chi connectivity index (χ2v) is 7.56. The van der Waals surface area contributed by atoms with Gasteiger partial charge in [0.2, 0.25) is 5.91 Å². The first kappa shape index (κ1) is 23.1. The van der Waals surface area contributed by atoms with Gasteiger partial charge in [0.25, 0.3) is 0 Å². The molecule has 7 nitrogen and oxygen atoms in total. The highest BCUT2D eigenvalue weighted by atomic mass is 19.1. The van der Waals surface area contributed by atoms with Crippen molar-refractivity contribution in [1.29, 1.82) is 0 Å². The van der Waals surface area contributed by atoms with Crippen LogP contribution in [0.15, 0.2) is 12.1 Å². The Morgan fingerprint density at radius 3 is 2.79 bits per heavy atom. The summed E-state index contributed by atoms with van der Waals surface area (Å²) >= 11 is 0. The molecule has 3 N–H and O–H groups in total. The molecule has 1 aliphatic heterocycles. The zero-order chi connectivity index (χ0) is 21.1. The molecular weight excluding hydrogens is 375 g/mol. The number of aliphatic carboxylic acids is 1. The number of hydrogen-bond acceptors (Lipinski definition) is 5. The van der Waals surface area contributed by atoms with Gasteiger partial charge in [-0.1, -0.05) is 6.07 Å². The van der Waals surface area contributed by atoms with E-state index in [2.05, 4.69) is 27.7 Å². The first-order chi connectivity index (χ1) is 14.0. The van der Waals surface area contributed by atoms with Crippen LogP contribution in [-0.4, -0.2) is 65.8 Å². The maximum absolute atomic E-state index is 12.6. The summed E-state index contributed by atoms with van der Waals surface area (Å²) in [5, 5.41) is 15.0. The summed E-state index contributed by atoms with van der Waals surface area (Å²) < 4.78 is 12.6. The Kier molecular flexibility index (Phi) is 9.83. The molecule has 0 saturated carbocycles. The lowest BCUT2D eigenvalue weighted by Gasteiger charge is -2.24. The van der Waals surface area contributed by atoms with Crippen LogP contribution in [0.4, 0.5) is 10.2 Å². The molecule has 0 radical (unpaired) electrons. The third-order valence-electron chi connectivity index (χ3n) is 5.13. The number of rotatable bonds is 13. The Morgan fingerprint density at radius 2 is 2.07 bits per heavy atom. The molecule has 0 aliphatic carbocycles. The van der Waals surface area contributed by atoms with Crippen molar-refractivity contribution in [3.8, 4) is 0 Å². The van der Waals surface area contributed by atoms with Crippen molar-refractivity contribution in [2.45, 2.75) is 57.9 Å². The lowest BCUT2D eigenvalue weighted by Crippen LogP contribution is -2.42. The third kappa shape index (κ3) is 8.35. The van der Waals surface area contributed by atoms with Gasteiger partial charge in [-0.05, 0) is 63.1 Å². The third-order valence-corrected chi connectivity index (χ3v) is 5.13. The van der Waals surface area contributed by atoms with Crippen LogP contribution < -0.4 is 10.6 Å². The molecule has 0 saturated heterocycles. The quantitative estimate of drug-likeness (QED) is 0.434. The molecule has 1 atom stereocenters. The first-order valence-corrected chi connectivity index (χ1v) is 10.5. The van der Waals surface area contributed by atoms with Gasteiger partial charge in [-0.3, -0.25) is 9.18 Å². The SMILES string of the molecule is CC(=O)NC(CCN(CCCF)CCCCc1ccc2c(n1)NCCC2)C(=O)O. The predicted octanol–water partition coefficient (Wildman–Crippen LogP) is 2.40. The summed E-state index contributed by atoms with van der Waals surface area (Å²) in [5.74, 6) is -0.395. The monoisotopic (exact) mass is 408 g/mol. The number of carbonyl (C=O) groups is 2. The Hall–Kier alpha value is -2.22. The molecular formula is C21H33FN4O3. The lowest BCUT2D eigenvalue weighted by atomic mass is 10.1. The Labute approximate surface area is 172 Å². The van der Waals surface area contributed by atoms with Crippen LogP contribution in [0.5, 0.6) is 0 Å². The largest absolute Gasteiger partial charge is 0.480 e. The molecule has 1 aliphatic rings. The molecule has 0 bridgehead atoms. The molecule has 0 spiro atoms. The minimum atomic E-state index is -1.04. The van der Waals surface area contributed by atoms with Crippen molar-refractivity contribution in [3.05, 3.63) is 23.4 Å². The molecule has 1 aromatic heterocycles. The average molecular weight is 409 g/mol. The standard InChI is InChI=1S/C21H33FN4O3/c1-16(27)24-19(21(28)29)10-15-26(14-5-11-22)13-3-2-7-18-9-8-17-6-4-12-23-20(17)25-18/h8-9,19H,2-7,10-15H2,1H3,(H,23,25)(H,24,27)(H,28,29). The van der Waals surface area contributed by atoms with Crippen molar-refractivity contribution in [2.24, 2.45) is 0 Å². The summed E-state index contributed by atoms with van der Waals surface area (Å²) in [4.78, 5) is 29.2. The van der Waals surface area contributed by atoms with E-state index in [9.17, 15) is 19.1 Å². The van der Waals surface area contributed by atoms with Gasteiger partial charge >= 0.3 is 5.97 Å². The van der Waals surface area contributed by atoms with Crippen LogP contribution in [0, 0.1) is 0 Å². The average Bonchev–Trinajstić information content (AvgIpc) is 2.70. The fourth-order valence-corrected chi connectivity index (χ4v) is 3.58. The number of amides is 1. The Balaban J connectivity index is 1.77. The summed E-state index contributed by atoms with van der Waals surface area (Å²) in [5.41, 5.74) is 2.36. The molecule has 2 rings (SSSR count). The highest BCUT2D eigenvalue weighted by Crippen LogP contribution is 2.20. The number of alkyl halides is 1. The molecule has 1 aromatic rings. The van der Waals surface area contributed by atoms with Gasteiger partial charge in [0.05, 0.1) is 6.67 Å². The maximum atomic E-state index is 12.6. The van der Waals surface area contributed by atoms with E-state index in [1.807, 2.05) is 0 Å². The number of fused-ring (bicyclic) bond motifs is 1. The fourth-order valence-electron chi connectivity index (χ4n) is 3.58. The number of aryl methyl sites for hydroxylation is 2. The van der Waals surface area contributed by atoms with Crippen LogP contribution in [0.1, 0.15) is 50.3 Å². The number of aromatic nitrogens is 1. The van der Waals surface area contributed by atoms with Gasteiger partial charge in [0.15, 0.2) is 0 Å². The molecule has 2 heterocycles. The van der Waals surface area contributed by atoms with Crippen molar-refractivity contribution < 1.29 is 19.1 Å². The van der Waals surface area contributed by atoms with Crippen molar-refractivity contribution in [1.82, 2.24) is 15.2 Å². The van der Waals surface area contributed by atoms with Crippen LogP contribution in [0.2, 0.25) is 0 Å². The van der Waals surface area contributed by atoms with E-state index < -0.39 is 18.7 Å². The van der Waals surface area contributed by atoms with E-state index >= 15 is 0 Å². The molecule has 1 unspecified atom stereocenters. The van der Waals surface area contributed by atoms with E-state index in [1.165, 1.54) is 12.5 Å². The molecule has 0 fully saturated rings. The molecule has 1 amide bonds. The number of carbonyl (C=O) groups excluding carboxylic acids is 1. The maximum Gasteiger partial charge on any atom is 0.326 e. The van der Waals surface area contributed by atoms with Gasteiger partial charge in [-0.25, -0.2) is 9.78 Å². The number of anilines is 1. The van der Waals surface area contributed by atoms with Gasteiger partial charge in [0.1, 0.15) is 11.9 Å². The van der Waals surface area contributed by atoms with Gasteiger partial charge in [-0.15, -0.1) is 0 Å². The van der Waals surface area contributed by atoms with Crippen molar-refractivity contribution >= 4 is 17.7 Å². The highest BCUT2D eigenvalue weighted by Gasteiger charge is 2.19. The number of carboxylic acids is 1.